The predicted molar refractivity (Wildman–Crippen MR) is 116 cm³/mol. The molecule has 0 spiro atoms. The molecule has 2 heterocycles. The van der Waals surface area contributed by atoms with E-state index in [9.17, 15) is 13.6 Å². The Hall–Kier alpha value is -3.49. The average Bonchev–Trinajstić information content (AvgIpc) is 3.21. The van der Waals surface area contributed by atoms with Crippen LogP contribution in [0.2, 0.25) is 0 Å². The van der Waals surface area contributed by atoms with Crippen molar-refractivity contribution in [3.05, 3.63) is 59.4 Å². The van der Waals surface area contributed by atoms with E-state index >= 15 is 0 Å². The van der Waals surface area contributed by atoms with Crippen LogP contribution in [-0.2, 0) is 0 Å². The second kappa shape index (κ2) is 8.71. The summed E-state index contributed by atoms with van der Waals surface area (Å²) in [6.45, 7) is 0. The van der Waals surface area contributed by atoms with Crippen LogP contribution in [0.25, 0.3) is 5.65 Å². The number of hydrogen-bond donors (Lipinski definition) is 4. The van der Waals surface area contributed by atoms with Crippen LogP contribution in [0.15, 0.2) is 42.6 Å². The van der Waals surface area contributed by atoms with Gasteiger partial charge in [0, 0.05) is 30.1 Å². The molecule has 5 N–H and O–H groups in total. The third kappa shape index (κ3) is 4.35. The van der Waals surface area contributed by atoms with Crippen LogP contribution in [-0.4, -0.2) is 33.6 Å². The number of amides is 1. The molecule has 4 rings (SSSR count). The molecule has 0 atom stereocenters. The zero-order chi connectivity index (χ0) is 22.0. The number of pyridine rings is 1. The summed E-state index contributed by atoms with van der Waals surface area (Å²) in [6.07, 6.45) is 3.11. The number of fused-ring (bicyclic) bond motifs is 1. The number of carbonyl (C=O) groups excluding carboxylic acids is 1. The molecule has 1 aromatic carbocycles. The van der Waals surface area contributed by atoms with Gasteiger partial charge < -0.3 is 21.8 Å². The molecule has 1 saturated carbocycles. The standard InChI is InChI=1S/C22H24F2N6O/c23-21(24)17-12-30-18(5-2-6-19(30)29-17)27-14-7-9-15(10-8-14)28-22(31)16-4-1-3-13(11-25)20(16)26/h1-6,11-12,14-15,21,25,27H,7-10,26H2,(H,28,31). The summed E-state index contributed by atoms with van der Waals surface area (Å²) in [5.41, 5.74) is 7.43. The van der Waals surface area contributed by atoms with Gasteiger partial charge >= 0.3 is 0 Å². The molecule has 7 nitrogen and oxygen atoms in total. The first-order valence-corrected chi connectivity index (χ1v) is 10.2. The third-order valence-corrected chi connectivity index (χ3v) is 5.69. The lowest BCUT2D eigenvalue weighted by molar-refractivity contribution is 0.0927. The van der Waals surface area contributed by atoms with E-state index in [0.29, 0.717) is 22.5 Å². The molecule has 2 aromatic heterocycles. The maximum atomic E-state index is 13.0. The maximum Gasteiger partial charge on any atom is 0.281 e. The fourth-order valence-corrected chi connectivity index (χ4v) is 4.01. The molecule has 3 aromatic rings. The number of carbonyl (C=O) groups is 1. The number of nitrogens with one attached hydrogen (secondary N) is 3. The van der Waals surface area contributed by atoms with Crippen LogP contribution in [0, 0.1) is 5.41 Å². The minimum Gasteiger partial charge on any atom is -0.398 e. The van der Waals surface area contributed by atoms with Gasteiger partial charge in [-0.3, -0.25) is 9.20 Å². The van der Waals surface area contributed by atoms with Crippen molar-refractivity contribution in [2.75, 3.05) is 11.1 Å². The quantitative estimate of drug-likeness (QED) is 0.353. The number of alkyl halides is 2. The van der Waals surface area contributed by atoms with Crippen LogP contribution < -0.4 is 16.4 Å². The van der Waals surface area contributed by atoms with E-state index in [2.05, 4.69) is 15.6 Å². The Morgan fingerprint density at radius 3 is 2.58 bits per heavy atom. The molecule has 0 bridgehead atoms. The molecule has 1 aliphatic rings. The molecular formula is C22H24F2N6O. The summed E-state index contributed by atoms with van der Waals surface area (Å²) >= 11 is 0. The molecular weight excluding hydrogens is 402 g/mol. The topological polar surface area (TPSA) is 108 Å². The van der Waals surface area contributed by atoms with Gasteiger partial charge in [0.1, 0.15) is 17.2 Å². The number of benzene rings is 1. The van der Waals surface area contributed by atoms with Crippen LogP contribution >= 0.6 is 0 Å². The van der Waals surface area contributed by atoms with Gasteiger partial charge in [-0.15, -0.1) is 0 Å². The number of hydrogen-bond acceptors (Lipinski definition) is 5. The highest BCUT2D eigenvalue weighted by molar-refractivity contribution is 6.03. The third-order valence-electron chi connectivity index (χ3n) is 5.69. The highest BCUT2D eigenvalue weighted by Crippen LogP contribution is 2.25. The van der Waals surface area contributed by atoms with Gasteiger partial charge in [0.05, 0.1) is 11.3 Å². The van der Waals surface area contributed by atoms with Crippen molar-refractivity contribution in [2.45, 2.75) is 44.2 Å². The first kappa shape index (κ1) is 20.8. The Morgan fingerprint density at radius 2 is 1.87 bits per heavy atom. The van der Waals surface area contributed by atoms with E-state index in [1.54, 1.807) is 34.7 Å². The lowest BCUT2D eigenvalue weighted by Gasteiger charge is -2.30. The molecule has 162 valence electrons. The van der Waals surface area contributed by atoms with Crippen LogP contribution in [0.3, 0.4) is 0 Å². The van der Waals surface area contributed by atoms with Crippen LogP contribution in [0.5, 0.6) is 0 Å². The van der Waals surface area contributed by atoms with Gasteiger partial charge in [-0.05, 0) is 43.9 Å². The minimum absolute atomic E-state index is 0.0306. The molecule has 1 amide bonds. The van der Waals surface area contributed by atoms with Gasteiger partial charge in [-0.2, -0.15) is 0 Å². The van der Waals surface area contributed by atoms with E-state index in [1.807, 2.05) is 6.07 Å². The number of aromatic nitrogens is 2. The van der Waals surface area contributed by atoms with Crippen molar-refractivity contribution in [3.63, 3.8) is 0 Å². The number of nitrogens with two attached hydrogens (primary N) is 1. The van der Waals surface area contributed by atoms with Crippen molar-refractivity contribution in [1.82, 2.24) is 14.7 Å². The maximum absolute atomic E-state index is 13.0. The minimum atomic E-state index is -2.61. The first-order valence-electron chi connectivity index (χ1n) is 10.2. The van der Waals surface area contributed by atoms with E-state index < -0.39 is 6.43 Å². The van der Waals surface area contributed by atoms with Crippen molar-refractivity contribution < 1.29 is 13.6 Å². The fourth-order valence-electron chi connectivity index (χ4n) is 4.01. The first-order chi connectivity index (χ1) is 15.0. The monoisotopic (exact) mass is 426 g/mol. The summed E-state index contributed by atoms with van der Waals surface area (Å²) < 4.78 is 27.6. The summed E-state index contributed by atoms with van der Waals surface area (Å²) in [5, 5.41) is 13.8. The molecule has 0 aliphatic heterocycles. The zero-order valence-electron chi connectivity index (χ0n) is 16.8. The van der Waals surface area contributed by atoms with Crippen LogP contribution in [0.4, 0.5) is 20.3 Å². The number of rotatable bonds is 6. The largest absolute Gasteiger partial charge is 0.398 e. The molecule has 31 heavy (non-hydrogen) atoms. The van der Waals surface area contributed by atoms with Gasteiger partial charge in [0.2, 0.25) is 0 Å². The average molecular weight is 426 g/mol. The lowest BCUT2D eigenvalue weighted by Crippen LogP contribution is -2.40. The Labute approximate surface area is 178 Å². The number of imidazole rings is 1. The zero-order valence-corrected chi connectivity index (χ0v) is 16.8. The second-order valence-electron chi connectivity index (χ2n) is 7.72. The number of nitrogens with zero attached hydrogens (tertiary/aromatic N) is 2. The highest BCUT2D eigenvalue weighted by Gasteiger charge is 2.24. The molecule has 1 fully saturated rings. The predicted octanol–water partition coefficient (Wildman–Crippen LogP) is 4.00. The van der Waals surface area contributed by atoms with Crippen molar-refractivity contribution in [2.24, 2.45) is 0 Å². The summed E-state index contributed by atoms with van der Waals surface area (Å²) in [6, 6.07) is 10.6. The molecule has 0 radical (unpaired) electrons. The smallest absolute Gasteiger partial charge is 0.281 e. The molecule has 1 aliphatic carbocycles. The highest BCUT2D eigenvalue weighted by atomic mass is 19.3. The Bertz CT molecular complexity index is 1100. The number of halogens is 2. The second-order valence-corrected chi connectivity index (χ2v) is 7.72. The number of para-hydroxylation sites is 1. The Kier molecular flexibility index (Phi) is 5.83. The van der Waals surface area contributed by atoms with Gasteiger partial charge in [-0.1, -0.05) is 18.2 Å². The van der Waals surface area contributed by atoms with Gasteiger partial charge in [0.25, 0.3) is 12.3 Å². The SMILES string of the molecule is N=Cc1cccc(C(=O)NC2CCC(Nc3cccc4nc(C(F)F)cn34)CC2)c1N. The van der Waals surface area contributed by atoms with Crippen molar-refractivity contribution in [1.29, 1.82) is 5.41 Å². The lowest BCUT2D eigenvalue weighted by atomic mass is 9.91. The van der Waals surface area contributed by atoms with Crippen molar-refractivity contribution >= 4 is 29.3 Å². The molecule has 0 saturated heterocycles. The Morgan fingerprint density at radius 1 is 1.16 bits per heavy atom. The number of anilines is 2. The summed E-state index contributed by atoms with van der Waals surface area (Å²) in [4.78, 5) is 16.6. The molecule has 0 unspecified atom stereocenters. The summed E-state index contributed by atoms with van der Waals surface area (Å²) in [5.74, 6) is 0.487. The van der Waals surface area contributed by atoms with Crippen LogP contribution in [0.1, 0.15) is 53.7 Å². The fraction of sp³-hybridized carbons (Fsp3) is 0.318. The van der Waals surface area contributed by atoms with Gasteiger partial charge in [-0.25, -0.2) is 13.8 Å². The molecule has 9 heteroatoms. The van der Waals surface area contributed by atoms with Gasteiger partial charge in [0.15, 0.2) is 0 Å². The Balaban J connectivity index is 1.37. The van der Waals surface area contributed by atoms with E-state index in [-0.39, 0.29) is 23.7 Å². The van der Waals surface area contributed by atoms with E-state index in [4.69, 9.17) is 11.1 Å². The number of nitrogen functional groups attached to an aromatic ring is 1. The van der Waals surface area contributed by atoms with E-state index in [1.165, 1.54) is 6.20 Å². The summed E-state index contributed by atoms with van der Waals surface area (Å²) in [7, 11) is 0. The normalized spacial score (nSPS) is 18.8. The van der Waals surface area contributed by atoms with E-state index in [0.717, 1.165) is 37.7 Å². The van der Waals surface area contributed by atoms with Crippen molar-refractivity contribution in [3.8, 4) is 0 Å².